The fraction of sp³-hybridized carbons (Fsp3) is 0.385. The molecule has 18 heavy (non-hydrogen) atoms. The summed E-state index contributed by atoms with van der Waals surface area (Å²) in [5.41, 5.74) is 1.77. The Hall–Kier alpha value is -1.88. The van der Waals surface area contributed by atoms with Crippen molar-refractivity contribution in [3.8, 4) is 0 Å². The van der Waals surface area contributed by atoms with Crippen molar-refractivity contribution in [2.45, 2.75) is 19.4 Å². The molecule has 2 rings (SSSR count). The largest absolute Gasteiger partial charge is 0.393 e. The second-order valence-electron chi connectivity index (χ2n) is 4.51. The second-order valence-corrected chi connectivity index (χ2v) is 4.51. The summed E-state index contributed by atoms with van der Waals surface area (Å²) in [4.78, 5) is 24.5. The monoisotopic (exact) mass is 248 g/mol. The van der Waals surface area contributed by atoms with Crippen LogP contribution in [0.4, 0.5) is 5.69 Å². The molecule has 0 spiro atoms. The highest BCUT2D eigenvalue weighted by atomic mass is 16.3. The van der Waals surface area contributed by atoms with E-state index in [1.165, 1.54) is 0 Å². The van der Waals surface area contributed by atoms with Crippen LogP contribution in [0.3, 0.4) is 0 Å². The number of nitrogens with zero attached hydrogens (tertiary/aromatic N) is 1. The van der Waals surface area contributed by atoms with E-state index in [1.807, 2.05) is 24.3 Å². The van der Waals surface area contributed by atoms with Gasteiger partial charge in [0.1, 0.15) is 0 Å². The first-order chi connectivity index (χ1) is 8.56. The molecule has 0 saturated carbocycles. The van der Waals surface area contributed by atoms with E-state index in [0.29, 0.717) is 6.42 Å². The number of anilines is 1. The lowest BCUT2D eigenvalue weighted by molar-refractivity contribution is -0.130. The van der Waals surface area contributed by atoms with Gasteiger partial charge in [0.25, 0.3) is 0 Å². The maximum atomic E-state index is 11.4. The van der Waals surface area contributed by atoms with Gasteiger partial charge in [0.05, 0.1) is 19.2 Å². The summed E-state index contributed by atoms with van der Waals surface area (Å²) in [6, 6.07) is 7.51. The number of hydrogen-bond donors (Lipinski definition) is 2. The number of rotatable bonds is 3. The van der Waals surface area contributed by atoms with Crippen LogP contribution in [0.2, 0.25) is 0 Å². The molecule has 1 fully saturated rings. The lowest BCUT2D eigenvalue weighted by Crippen LogP contribution is -2.51. The molecular weight excluding hydrogens is 232 g/mol. The average molecular weight is 248 g/mol. The number of imide groups is 1. The lowest BCUT2D eigenvalue weighted by atomic mass is 10.1. The van der Waals surface area contributed by atoms with Gasteiger partial charge in [-0.15, -0.1) is 0 Å². The summed E-state index contributed by atoms with van der Waals surface area (Å²) >= 11 is 0. The summed E-state index contributed by atoms with van der Waals surface area (Å²) < 4.78 is 0. The van der Waals surface area contributed by atoms with Crippen molar-refractivity contribution in [1.29, 1.82) is 0 Å². The molecule has 5 heteroatoms. The number of piperazine rings is 1. The zero-order chi connectivity index (χ0) is 13.1. The lowest BCUT2D eigenvalue weighted by Gasteiger charge is -2.29. The molecule has 1 aliphatic heterocycles. The predicted octanol–water partition coefficient (Wildman–Crippen LogP) is 0.0727. The maximum absolute atomic E-state index is 11.4. The molecule has 5 nitrogen and oxygen atoms in total. The van der Waals surface area contributed by atoms with Crippen molar-refractivity contribution >= 4 is 17.5 Å². The molecule has 96 valence electrons. The SMILES string of the molecule is CC(O)Cc1ccccc1N1CC(=O)NC(=O)C1. The highest BCUT2D eigenvalue weighted by Crippen LogP contribution is 2.22. The molecule has 1 saturated heterocycles. The molecule has 2 N–H and O–H groups in total. The van der Waals surface area contributed by atoms with Gasteiger partial charge in [-0.05, 0) is 18.6 Å². The first kappa shape index (κ1) is 12.6. The Labute approximate surface area is 105 Å². The van der Waals surface area contributed by atoms with Crippen molar-refractivity contribution in [2.75, 3.05) is 18.0 Å². The Morgan fingerprint density at radius 2 is 1.89 bits per heavy atom. The van der Waals surface area contributed by atoms with E-state index < -0.39 is 6.10 Å². The molecule has 0 aromatic heterocycles. The third-order valence-electron chi connectivity index (χ3n) is 2.80. The Kier molecular flexibility index (Phi) is 3.62. The maximum Gasteiger partial charge on any atom is 0.246 e. The number of benzene rings is 1. The van der Waals surface area contributed by atoms with Crippen molar-refractivity contribution in [1.82, 2.24) is 5.32 Å². The summed E-state index contributed by atoms with van der Waals surface area (Å²) in [6.45, 7) is 2.05. The quantitative estimate of drug-likeness (QED) is 0.743. The van der Waals surface area contributed by atoms with Crippen molar-refractivity contribution in [3.63, 3.8) is 0 Å². The molecule has 1 aliphatic rings. The number of carbonyl (C=O) groups is 2. The number of amides is 2. The van der Waals surface area contributed by atoms with E-state index in [1.54, 1.807) is 11.8 Å². The number of aliphatic hydroxyl groups is 1. The summed E-state index contributed by atoms with van der Waals surface area (Å²) in [6.07, 6.45) is 0.0446. The van der Waals surface area contributed by atoms with E-state index >= 15 is 0 Å². The van der Waals surface area contributed by atoms with Crippen LogP contribution in [-0.2, 0) is 16.0 Å². The van der Waals surface area contributed by atoms with Gasteiger partial charge in [-0.1, -0.05) is 18.2 Å². The minimum atomic E-state index is -0.458. The third-order valence-corrected chi connectivity index (χ3v) is 2.80. The third kappa shape index (κ3) is 2.87. The molecule has 0 bridgehead atoms. The minimum absolute atomic E-state index is 0.169. The molecule has 1 unspecified atom stereocenters. The van der Waals surface area contributed by atoms with Crippen LogP contribution >= 0.6 is 0 Å². The van der Waals surface area contributed by atoms with Gasteiger partial charge in [0, 0.05) is 12.1 Å². The number of hydrogen-bond acceptors (Lipinski definition) is 4. The Morgan fingerprint density at radius 1 is 1.28 bits per heavy atom. The summed E-state index contributed by atoms with van der Waals surface area (Å²) in [7, 11) is 0. The smallest absolute Gasteiger partial charge is 0.246 e. The van der Waals surface area contributed by atoms with Gasteiger partial charge in [0.15, 0.2) is 0 Å². The van der Waals surface area contributed by atoms with Gasteiger partial charge in [-0.3, -0.25) is 14.9 Å². The standard InChI is InChI=1S/C13H16N2O3/c1-9(16)6-10-4-2-3-5-11(10)15-7-12(17)14-13(18)8-15/h2-5,9,16H,6-8H2,1H3,(H,14,17,18). The van der Waals surface area contributed by atoms with E-state index in [9.17, 15) is 14.7 Å². The molecular formula is C13H16N2O3. The summed E-state index contributed by atoms with van der Waals surface area (Å²) in [5.74, 6) is -0.587. The number of aliphatic hydroxyl groups excluding tert-OH is 1. The van der Waals surface area contributed by atoms with Crippen LogP contribution in [0.15, 0.2) is 24.3 Å². The average Bonchev–Trinajstić information content (AvgIpc) is 2.27. The van der Waals surface area contributed by atoms with Crippen LogP contribution in [0.5, 0.6) is 0 Å². The zero-order valence-electron chi connectivity index (χ0n) is 10.2. The van der Waals surface area contributed by atoms with Gasteiger partial charge in [0.2, 0.25) is 11.8 Å². The van der Waals surface area contributed by atoms with Crippen LogP contribution < -0.4 is 10.2 Å². The van der Waals surface area contributed by atoms with E-state index in [-0.39, 0.29) is 24.9 Å². The number of nitrogens with one attached hydrogen (secondary N) is 1. The Balaban J connectivity index is 2.26. The first-order valence-corrected chi connectivity index (χ1v) is 5.90. The highest BCUT2D eigenvalue weighted by Gasteiger charge is 2.24. The highest BCUT2D eigenvalue weighted by molar-refractivity contribution is 6.02. The fourth-order valence-corrected chi connectivity index (χ4v) is 2.12. The Bertz CT molecular complexity index is 455. The number of carbonyl (C=O) groups excluding carboxylic acids is 2. The van der Waals surface area contributed by atoms with Crippen molar-refractivity contribution < 1.29 is 14.7 Å². The molecule has 1 aromatic carbocycles. The fourth-order valence-electron chi connectivity index (χ4n) is 2.12. The first-order valence-electron chi connectivity index (χ1n) is 5.90. The molecule has 1 aromatic rings. The van der Waals surface area contributed by atoms with E-state index in [2.05, 4.69) is 5.32 Å². The second kappa shape index (κ2) is 5.18. The van der Waals surface area contributed by atoms with Gasteiger partial charge in [-0.25, -0.2) is 0 Å². The molecule has 0 aliphatic carbocycles. The van der Waals surface area contributed by atoms with Crippen LogP contribution in [0, 0.1) is 0 Å². The molecule has 1 heterocycles. The predicted molar refractivity (Wildman–Crippen MR) is 67.2 cm³/mol. The zero-order valence-corrected chi connectivity index (χ0v) is 10.2. The molecule has 0 radical (unpaired) electrons. The van der Waals surface area contributed by atoms with Crippen LogP contribution in [-0.4, -0.2) is 36.1 Å². The topological polar surface area (TPSA) is 69.6 Å². The molecule has 1 atom stereocenters. The number of para-hydroxylation sites is 1. The van der Waals surface area contributed by atoms with Gasteiger partial charge in [-0.2, -0.15) is 0 Å². The minimum Gasteiger partial charge on any atom is -0.393 e. The van der Waals surface area contributed by atoms with Crippen LogP contribution in [0.1, 0.15) is 12.5 Å². The van der Waals surface area contributed by atoms with Crippen LogP contribution in [0.25, 0.3) is 0 Å². The van der Waals surface area contributed by atoms with E-state index in [0.717, 1.165) is 11.3 Å². The molecule has 2 amide bonds. The normalized spacial score (nSPS) is 17.6. The Morgan fingerprint density at radius 3 is 2.50 bits per heavy atom. The summed E-state index contributed by atoms with van der Waals surface area (Å²) in [5, 5.41) is 11.7. The van der Waals surface area contributed by atoms with E-state index in [4.69, 9.17) is 0 Å². The van der Waals surface area contributed by atoms with Crippen molar-refractivity contribution in [2.24, 2.45) is 0 Å². The van der Waals surface area contributed by atoms with Crippen molar-refractivity contribution in [3.05, 3.63) is 29.8 Å². The van der Waals surface area contributed by atoms with Gasteiger partial charge >= 0.3 is 0 Å². The van der Waals surface area contributed by atoms with Gasteiger partial charge < -0.3 is 10.0 Å².